The molecule has 0 bridgehead atoms. The van der Waals surface area contributed by atoms with Gasteiger partial charge in [-0.2, -0.15) is 0 Å². The molecule has 1 heterocycles. The number of carbonyl (C=O) groups excluding carboxylic acids is 1. The van der Waals surface area contributed by atoms with Crippen LogP contribution in [0.5, 0.6) is 0 Å². The molecule has 0 aromatic heterocycles. The van der Waals surface area contributed by atoms with Crippen LogP contribution in [0.2, 0.25) is 0 Å². The predicted molar refractivity (Wildman–Crippen MR) is 47.2 cm³/mol. The Hall–Kier alpha value is -1.68. The first-order valence-corrected chi connectivity index (χ1v) is 3.88. The summed E-state index contributed by atoms with van der Waals surface area (Å²) in [4.78, 5) is 10.8. The van der Waals surface area contributed by atoms with Gasteiger partial charge in [-0.05, 0) is 6.07 Å². The highest BCUT2D eigenvalue weighted by molar-refractivity contribution is 5.97. The Morgan fingerprint density at radius 3 is 2.85 bits per heavy atom. The van der Waals surface area contributed by atoms with E-state index < -0.39 is 10.7 Å². The van der Waals surface area contributed by atoms with Gasteiger partial charge >= 0.3 is 0 Å². The summed E-state index contributed by atoms with van der Waals surface area (Å²) in [6, 6.07) is 7.19. The Balaban J connectivity index is 2.61. The lowest BCUT2D eigenvalue weighted by molar-refractivity contribution is -0.262. The van der Waals surface area contributed by atoms with E-state index in [1.807, 2.05) is 12.1 Å². The lowest BCUT2D eigenvalue weighted by atomic mass is 10.2. The molecule has 1 amide bonds. The molecule has 13 heavy (non-hydrogen) atoms. The van der Waals surface area contributed by atoms with Crippen LogP contribution in [-0.2, 0) is 0 Å². The third-order valence-electron chi connectivity index (χ3n) is 2.19. The monoisotopic (exact) mass is 176 g/mol. The second-order valence-electron chi connectivity index (χ2n) is 3.03. The lowest BCUT2D eigenvalue weighted by Crippen LogP contribution is -2.52. The Morgan fingerprint density at radius 2 is 2.15 bits per heavy atom. The van der Waals surface area contributed by atoms with E-state index >= 15 is 0 Å². The van der Waals surface area contributed by atoms with Gasteiger partial charge in [0.15, 0.2) is 5.69 Å². The maximum absolute atomic E-state index is 10.8. The van der Waals surface area contributed by atoms with Crippen molar-refractivity contribution in [2.24, 2.45) is 5.10 Å². The minimum atomic E-state index is -1.22. The number of hydrogen-bond donors (Lipinski definition) is 0. The lowest BCUT2D eigenvalue weighted by Gasteiger charge is -2.22. The zero-order chi connectivity index (χ0) is 9.47. The Labute approximate surface area is 75.3 Å². The normalized spacial score (nSPS) is 24.4. The molecule has 0 N–H and O–H groups in total. The van der Waals surface area contributed by atoms with Crippen molar-refractivity contribution in [3.63, 3.8) is 0 Å². The third-order valence-corrected chi connectivity index (χ3v) is 2.19. The van der Waals surface area contributed by atoms with Gasteiger partial charge in [-0.25, -0.2) is 0 Å². The predicted octanol–water partition coefficient (Wildman–Crippen LogP) is 0.314. The first-order valence-electron chi connectivity index (χ1n) is 3.88. The number of amides is 1. The summed E-state index contributed by atoms with van der Waals surface area (Å²) in [5, 5.41) is 14.7. The number of rotatable bonds is 0. The Bertz CT molecular complexity index is 400. The summed E-state index contributed by atoms with van der Waals surface area (Å²) in [6.45, 7) is 0. The Morgan fingerprint density at radius 1 is 1.46 bits per heavy atom. The molecule has 1 aromatic carbocycles. The molecule has 0 radical (unpaired) electrons. The molecule has 4 heteroatoms. The van der Waals surface area contributed by atoms with Crippen molar-refractivity contribution in [1.82, 2.24) is 4.59 Å². The number of para-hydroxylation sites is 1. The zero-order valence-corrected chi connectivity index (χ0v) is 7.10. The number of carbonyl (C=O) groups is 1. The van der Waals surface area contributed by atoms with Gasteiger partial charge < -0.3 is 9.90 Å². The molecular formula is C9H8N2O2. The minimum absolute atomic E-state index is 0.518. The fraction of sp³-hybridized carbons (Fsp3) is 0.111. The van der Waals surface area contributed by atoms with Gasteiger partial charge in [0.25, 0.3) is 6.09 Å². The summed E-state index contributed by atoms with van der Waals surface area (Å²) in [6.07, 6.45) is 0.326. The standard InChI is InChI=1S/C9H8N2O2/c1-11(9(12)13)8-5-3-2-4-7(8)6-10-11/h2-6H,1H3. The van der Waals surface area contributed by atoms with Crippen LogP contribution >= 0.6 is 0 Å². The van der Waals surface area contributed by atoms with Crippen molar-refractivity contribution >= 4 is 18.0 Å². The molecule has 4 nitrogen and oxygen atoms in total. The largest absolute Gasteiger partial charge is 0.496 e. The van der Waals surface area contributed by atoms with Crippen molar-refractivity contribution in [2.45, 2.75) is 0 Å². The smallest absolute Gasteiger partial charge is 0.290 e. The van der Waals surface area contributed by atoms with E-state index in [1.54, 1.807) is 18.3 Å². The minimum Gasteiger partial charge on any atom is -0.496 e. The summed E-state index contributed by atoms with van der Waals surface area (Å²) in [5.41, 5.74) is 1.47. The Kier molecular flexibility index (Phi) is 1.47. The van der Waals surface area contributed by atoms with Crippen molar-refractivity contribution in [3.05, 3.63) is 29.8 Å². The van der Waals surface area contributed by atoms with Crippen molar-refractivity contribution in [1.29, 1.82) is 0 Å². The average Bonchev–Trinajstić information content (AvgIpc) is 2.47. The number of carboxylic acid groups (broad SMARTS) is 1. The fourth-order valence-electron chi connectivity index (χ4n) is 1.38. The van der Waals surface area contributed by atoms with E-state index in [4.69, 9.17) is 0 Å². The molecule has 0 saturated carbocycles. The number of hydrogen-bond acceptors (Lipinski definition) is 3. The van der Waals surface area contributed by atoms with E-state index in [9.17, 15) is 9.90 Å². The van der Waals surface area contributed by atoms with Gasteiger partial charge in [0.1, 0.15) is 7.05 Å². The van der Waals surface area contributed by atoms with Crippen LogP contribution in [0.1, 0.15) is 5.56 Å². The summed E-state index contributed by atoms with van der Waals surface area (Å²) in [5.74, 6) is 0. The summed E-state index contributed by atoms with van der Waals surface area (Å²) in [7, 11) is 1.48. The molecule has 0 saturated heterocycles. The molecule has 1 unspecified atom stereocenters. The maximum Gasteiger partial charge on any atom is 0.290 e. The van der Waals surface area contributed by atoms with Crippen LogP contribution in [0.3, 0.4) is 0 Å². The molecule has 1 aromatic rings. The van der Waals surface area contributed by atoms with Crippen molar-refractivity contribution < 1.29 is 9.90 Å². The molecule has 2 rings (SSSR count). The van der Waals surface area contributed by atoms with Crippen LogP contribution in [-0.4, -0.2) is 19.4 Å². The van der Waals surface area contributed by atoms with E-state index in [1.165, 1.54) is 7.05 Å². The molecule has 0 spiro atoms. The van der Waals surface area contributed by atoms with Gasteiger partial charge in [-0.3, -0.25) is 0 Å². The number of quaternary nitrogens is 1. The average molecular weight is 176 g/mol. The highest BCUT2D eigenvalue weighted by atomic mass is 16.4. The van der Waals surface area contributed by atoms with E-state index in [2.05, 4.69) is 5.10 Å². The van der Waals surface area contributed by atoms with Crippen LogP contribution in [0.25, 0.3) is 0 Å². The second-order valence-corrected chi connectivity index (χ2v) is 3.03. The molecule has 1 aliphatic rings. The molecule has 1 aliphatic heterocycles. The SMILES string of the molecule is C[N+]1(C(=O)[O-])N=Cc2ccccc21. The highest BCUT2D eigenvalue weighted by Crippen LogP contribution is 2.29. The van der Waals surface area contributed by atoms with Crippen LogP contribution in [0, 0.1) is 0 Å². The maximum atomic E-state index is 10.8. The van der Waals surface area contributed by atoms with Gasteiger partial charge in [0.2, 0.25) is 0 Å². The molecule has 1 atom stereocenters. The zero-order valence-electron chi connectivity index (χ0n) is 7.10. The molecule has 66 valence electrons. The number of nitrogens with zero attached hydrogens (tertiary/aromatic N) is 2. The summed E-state index contributed by atoms with van der Waals surface area (Å²) < 4.78 is -0.518. The molecule has 0 fully saturated rings. The third kappa shape index (κ3) is 0.957. The van der Waals surface area contributed by atoms with E-state index in [0.717, 1.165) is 5.56 Å². The quantitative estimate of drug-likeness (QED) is 0.534. The highest BCUT2D eigenvalue weighted by Gasteiger charge is 2.34. The van der Waals surface area contributed by atoms with Gasteiger partial charge in [0.05, 0.1) is 11.8 Å². The molecular weight excluding hydrogens is 168 g/mol. The van der Waals surface area contributed by atoms with Gasteiger partial charge in [0, 0.05) is 6.07 Å². The number of benzene rings is 1. The van der Waals surface area contributed by atoms with Crippen LogP contribution in [0.15, 0.2) is 29.4 Å². The van der Waals surface area contributed by atoms with Gasteiger partial charge in [-0.1, -0.05) is 17.2 Å². The molecule has 0 aliphatic carbocycles. The van der Waals surface area contributed by atoms with Crippen molar-refractivity contribution in [2.75, 3.05) is 7.05 Å². The van der Waals surface area contributed by atoms with Gasteiger partial charge in [-0.15, -0.1) is 4.59 Å². The number of fused-ring (bicyclic) bond motifs is 1. The topological polar surface area (TPSA) is 52.5 Å². The first kappa shape index (κ1) is 7.94. The second kappa shape index (κ2) is 2.40. The van der Waals surface area contributed by atoms with E-state index in [0.29, 0.717) is 5.69 Å². The van der Waals surface area contributed by atoms with Crippen LogP contribution in [0.4, 0.5) is 10.5 Å². The fourth-order valence-corrected chi connectivity index (χ4v) is 1.38. The van der Waals surface area contributed by atoms with Crippen molar-refractivity contribution in [3.8, 4) is 0 Å². The summed E-state index contributed by atoms with van der Waals surface area (Å²) >= 11 is 0. The van der Waals surface area contributed by atoms with E-state index in [-0.39, 0.29) is 0 Å². The van der Waals surface area contributed by atoms with Crippen LogP contribution < -0.4 is 9.70 Å². The first-order chi connectivity index (χ1) is 6.14.